The van der Waals surface area contributed by atoms with Gasteiger partial charge in [-0.05, 0) is 65.5 Å². The zero-order valence-electron chi connectivity index (χ0n) is 12.3. The number of amidine groups is 1. The molecule has 0 spiro atoms. The standard InChI is InChI=1S/C15H11IN2O4S2/c1-9-2-5-11(6-3-9)24(20,21)18-15-17-14(19)12(23-15)8-10-4-7-13(16)22-10/h2-8H,1H3,(H,17,18,19)/b12-8-. The average Bonchev–Trinajstić information content (AvgIpc) is 3.05. The number of nitrogens with zero attached hydrogens (tertiary/aromatic N) is 1. The SMILES string of the molecule is Cc1ccc(S(=O)(=O)/N=C2/NC(=O)/C(=C/c3ccc(I)o3)S2)cc1. The van der Waals surface area contributed by atoms with Crippen LogP contribution in [0.2, 0.25) is 0 Å². The maximum absolute atomic E-state index is 12.3. The van der Waals surface area contributed by atoms with Gasteiger partial charge in [-0.15, -0.1) is 4.40 Å². The summed E-state index contributed by atoms with van der Waals surface area (Å²) in [5.41, 5.74) is 0.948. The van der Waals surface area contributed by atoms with Crippen molar-refractivity contribution in [1.29, 1.82) is 0 Å². The number of thioether (sulfide) groups is 1. The lowest BCUT2D eigenvalue weighted by Gasteiger charge is -2.00. The molecule has 24 heavy (non-hydrogen) atoms. The number of carbonyl (C=O) groups is 1. The summed E-state index contributed by atoms with van der Waals surface area (Å²) in [5, 5.41) is 2.47. The second-order valence-electron chi connectivity index (χ2n) is 4.89. The summed E-state index contributed by atoms with van der Waals surface area (Å²) in [6, 6.07) is 9.84. The van der Waals surface area contributed by atoms with Crippen molar-refractivity contribution in [2.45, 2.75) is 11.8 Å². The molecule has 0 bridgehead atoms. The second kappa shape index (κ2) is 6.73. The zero-order valence-corrected chi connectivity index (χ0v) is 16.1. The Morgan fingerprint density at radius 2 is 1.92 bits per heavy atom. The number of benzene rings is 1. The minimum atomic E-state index is -3.88. The van der Waals surface area contributed by atoms with Crippen molar-refractivity contribution < 1.29 is 17.6 Å². The van der Waals surface area contributed by atoms with Crippen LogP contribution in [-0.4, -0.2) is 19.5 Å². The van der Waals surface area contributed by atoms with E-state index in [4.69, 9.17) is 4.42 Å². The molecule has 0 aliphatic carbocycles. The van der Waals surface area contributed by atoms with E-state index >= 15 is 0 Å². The molecule has 1 aliphatic heterocycles. The number of hydrogen-bond acceptors (Lipinski definition) is 5. The number of sulfonamides is 1. The Hall–Kier alpha value is -1.59. The Balaban J connectivity index is 1.86. The topological polar surface area (TPSA) is 88.7 Å². The van der Waals surface area contributed by atoms with E-state index in [2.05, 4.69) is 9.71 Å². The lowest BCUT2D eigenvalue weighted by atomic mass is 10.2. The van der Waals surface area contributed by atoms with Crippen LogP contribution in [0.25, 0.3) is 6.08 Å². The van der Waals surface area contributed by atoms with Gasteiger partial charge in [0.25, 0.3) is 15.9 Å². The molecule has 0 atom stereocenters. The predicted molar refractivity (Wildman–Crippen MR) is 101 cm³/mol. The summed E-state index contributed by atoms with van der Waals surface area (Å²) in [4.78, 5) is 12.3. The number of halogens is 1. The Kier molecular flexibility index (Phi) is 4.83. The molecule has 3 rings (SSSR count). The van der Waals surface area contributed by atoms with Crippen LogP contribution >= 0.6 is 34.4 Å². The van der Waals surface area contributed by atoms with Gasteiger partial charge in [-0.3, -0.25) is 10.1 Å². The highest BCUT2D eigenvalue weighted by atomic mass is 127. The van der Waals surface area contributed by atoms with Crippen LogP contribution in [-0.2, 0) is 14.8 Å². The third-order valence-electron chi connectivity index (χ3n) is 3.04. The Bertz CT molecular complexity index is 960. The molecular formula is C15H11IN2O4S2. The van der Waals surface area contributed by atoms with Crippen molar-refractivity contribution in [3.8, 4) is 0 Å². The van der Waals surface area contributed by atoms with Crippen molar-refractivity contribution >= 4 is 61.5 Å². The smallest absolute Gasteiger partial charge is 0.284 e. The van der Waals surface area contributed by atoms with Crippen LogP contribution in [0.4, 0.5) is 0 Å². The van der Waals surface area contributed by atoms with Crippen LogP contribution in [0, 0.1) is 10.7 Å². The predicted octanol–water partition coefficient (Wildman–Crippen LogP) is 3.14. The Morgan fingerprint density at radius 3 is 2.54 bits per heavy atom. The molecule has 1 aromatic carbocycles. The maximum Gasteiger partial charge on any atom is 0.284 e. The van der Waals surface area contributed by atoms with Crippen molar-refractivity contribution in [3.63, 3.8) is 0 Å². The van der Waals surface area contributed by atoms with Gasteiger partial charge in [-0.2, -0.15) is 8.42 Å². The summed E-state index contributed by atoms with van der Waals surface area (Å²) in [5.74, 6) is 0.101. The van der Waals surface area contributed by atoms with E-state index in [1.807, 2.05) is 29.5 Å². The first-order valence-corrected chi connectivity index (χ1v) is 10.0. The van der Waals surface area contributed by atoms with Gasteiger partial charge in [0, 0.05) is 6.08 Å². The molecule has 2 aromatic rings. The molecule has 1 amide bonds. The monoisotopic (exact) mass is 474 g/mol. The number of furan rings is 1. The van der Waals surface area contributed by atoms with E-state index in [-0.39, 0.29) is 10.1 Å². The third kappa shape index (κ3) is 3.90. The number of rotatable bonds is 3. The quantitative estimate of drug-likeness (QED) is 0.546. The minimum Gasteiger partial charge on any atom is -0.451 e. The summed E-state index contributed by atoms with van der Waals surface area (Å²) in [6.45, 7) is 1.86. The molecule has 2 heterocycles. The highest BCUT2D eigenvalue weighted by molar-refractivity contribution is 14.1. The van der Waals surface area contributed by atoms with E-state index < -0.39 is 15.9 Å². The molecule has 0 saturated carbocycles. The first-order valence-electron chi connectivity index (χ1n) is 6.71. The lowest BCUT2D eigenvalue weighted by molar-refractivity contribution is -0.115. The molecule has 9 heteroatoms. The average molecular weight is 474 g/mol. The number of nitrogens with one attached hydrogen (secondary N) is 1. The molecule has 6 nitrogen and oxygen atoms in total. The molecule has 0 unspecified atom stereocenters. The number of aryl methyl sites for hydroxylation is 1. The van der Waals surface area contributed by atoms with Gasteiger partial charge in [0.1, 0.15) is 5.76 Å². The van der Waals surface area contributed by atoms with Crippen LogP contribution in [0.5, 0.6) is 0 Å². The van der Waals surface area contributed by atoms with Crippen LogP contribution < -0.4 is 5.32 Å². The summed E-state index contributed by atoms with van der Waals surface area (Å²) < 4.78 is 34.3. The highest BCUT2D eigenvalue weighted by Crippen LogP contribution is 2.28. The lowest BCUT2D eigenvalue weighted by Crippen LogP contribution is -2.20. The van der Waals surface area contributed by atoms with Crippen LogP contribution in [0.15, 0.2) is 55.0 Å². The van der Waals surface area contributed by atoms with Gasteiger partial charge in [-0.25, -0.2) is 0 Å². The first-order chi connectivity index (χ1) is 11.3. The molecule has 1 fully saturated rings. The van der Waals surface area contributed by atoms with Gasteiger partial charge in [0.2, 0.25) is 0 Å². The Labute approximate surface area is 156 Å². The fourth-order valence-electron chi connectivity index (χ4n) is 1.88. The van der Waals surface area contributed by atoms with Gasteiger partial charge < -0.3 is 4.42 Å². The molecule has 1 N–H and O–H groups in total. The maximum atomic E-state index is 12.3. The summed E-state index contributed by atoms with van der Waals surface area (Å²) in [6.07, 6.45) is 1.54. The fraction of sp³-hybridized carbons (Fsp3) is 0.0667. The molecule has 1 aliphatic rings. The Morgan fingerprint density at radius 1 is 1.21 bits per heavy atom. The third-order valence-corrected chi connectivity index (χ3v) is 5.94. The summed E-state index contributed by atoms with van der Waals surface area (Å²) in [7, 11) is -3.88. The van der Waals surface area contributed by atoms with E-state index in [0.29, 0.717) is 14.4 Å². The summed E-state index contributed by atoms with van der Waals surface area (Å²) >= 11 is 2.97. The first kappa shape index (κ1) is 17.2. The van der Waals surface area contributed by atoms with Gasteiger partial charge in [-0.1, -0.05) is 17.7 Å². The molecular weight excluding hydrogens is 463 g/mol. The number of carbonyl (C=O) groups excluding carboxylic acids is 1. The van der Waals surface area contributed by atoms with E-state index in [0.717, 1.165) is 17.3 Å². The van der Waals surface area contributed by atoms with Crippen molar-refractivity contribution in [3.05, 3.63) is 56.4 Å². The van der Waals surface area contributed by atoms with Gasteiger partial charge in [0.05, 0.1) is 9.80 Å². The molecule has 0 radical (unpaired) electrons. The van der Waals surface area contributed by atoms with Crippen molar-refractivity contribution in [2.24, 2.45) is 4.40 Å². The highest BCUT2D eigenvalue weighted by Gasteiger charge is 2.26. The number of hydrogen-bond donors (Lipinski definition) is 1. The van der Waals surface area contributed by atoms with Crippen molar-refractivity contribution in [2.75, 3.05) is 0 Å². The molecule has 124 valence electrons. The number of amides is 1. The van der Waals surface area contributed by atoms with E-state index in [1.54, 1.807) is 30.3 Å². The van der Waals surface area contributed by atoms with Crippen LogP contribution in [0.1, 0.15) is 11.3 Å². The van der Waals surface area contributed by atoms with Crippen LogP contribution in [0.3, 0.4) is 0 Å². The van der Waals surface area contributed by atoms with Crippen molar-refractivity contribution in [1.82, 2.24) is 5.32 Å². The normalized spacial score (nSPS) is 18.3. The zero-order chi connectivity index (χ0) is 17.3. The van der Waals surface area contributed by atoms with Gasteiger partial charge >= 0.3 is 0 Å². The van der Waals surface area contributed by atoms with Gasteiger partial charge in [0.15, 0.2) is 8.93 Å². The fourth-order valence-corrected chi connectivity index (χ4v) is 4.28. The largest absolute Gasteiger partial charge is 0.451 e. The molecule has 1 saturated heterocycles. The van der Waals surface area contributed by atoms with E-state index in [9.17, 15) is 13.2 Å². The minimum absolute atomic E-state index is 0.0214. The second-order valence-corrected chi connectivity index (χ2v) is 8.59. The van der Waals surface area contributed by atoms with E-state index in [1.165, 1.54) is 12.1 Å². The molecule has 1 aromatic heterocycles.